The molecule has 2 aromatic carbocycles. The Morgan fingerprint density at radius 1 is 1.12 bits per heavy atom. The molecule has 1 saturated heterocycles. The number of hydrogen-bond donors (Lipinski definition) is 5. The number of aromatic nitrogens is 1. The average Bonchev–Trinajstić information content (AvgIpc) is 3.73. The molecule has 1 aromatic heterocycles. The number of piperidine rings is 1. The third-order valence-corrected chi connectivity index (χ3v) is 10.3. The molecule has 0 spiro atoms. The Hall–Kier alpha value is -2.97. The summed E-state index contributed by atoms with van der Waals surface area (Å²) in [5.41, 5.74) is 6.32. The fraction of sp³-hybridized carbons (Fsp3) is 0.500. The largest absolute Gasteiger partial charge is 0.508 e. The van der Waals surface area contributed by atoms with Gasteiger partial charge in [0.15, 0.2) is 0 Å². The molecule has 0 amide bonds. The first-order chi connectivity index (χ1) is 19.8. The highest BCUT2D eigenvalue weighted by atomic mass is 16.3. The molecule has 1 aliphatic heterocycles. The Bertz CT molecular complexity index is 1510. The molecule has 5 unspecified atom stereocenters. The minimum atomic E-state index is -1.20. The van der Waals surface area contributed by atoms with Crippen molar-refractivity contribution in [2.24, 2.45) is 5.92 Å². The topological polar surface area (TPSA) is 109 Å². The van der Waals surface area contributed by atoms with E-state index in [4.69, 9.17) is 0 Å². The van der Waals surface area contributed by atoms with Gasteiger partial charge in [0.2, 0.25) is 0 Å². The maximum atomic E-state index is 13.5. The van der Waals surface area contributed by atoms with Crippen LogP contribution in [0.25, 0.3) is 0 Å². The number of aliphatic hydroxyl groups is 2. The zero-order chi connectivity index (χ0) is 28.3. The highest BCUT2D eigenvalue weighted by molar-refractivity contribution is 5.45. The molecule has 7 rings (SSSR count). The molecule has 0 radical (unpaired) electrons. The van der Waals surface area contributed by atoms with Crippen LogP contribution in [0.1, 0.15) is 84.0 Å². The van der Waals surface area contributed by atoms with Gasteiger partial charge in [0.1, 0.15) is 12.0 Å². The lowest BCUT2D eigenvalue weighted by atomic mass is 9.61. The highest BCUT2D eigenvalue weighted by Gasteiger charge is 2.47. The van der Waals surface area contributed by atoms with Crippen LogP contribution in [0.3, 0.4) is 0 Å². The van der Waals surface area contributed by atoms with Gasteiger partial charge < -0.3 is 20.3 Å². The van der Waals surface area contributed by atoms with E-state index >= 15 is 0 Å². The second kappa shape index (κ2) is 10.4. The van der Waals surface area contributed by atoms with Gasteiger partial charge in [-0.05, 0) is 103 Å². The molecule has 2 bridgehead atoms. The van der Waals surface area contributed by atoms with Crippen molar-refractivity contribution >= 4 is 0 Å². The van der Waals surface area contributed by atoms with E-state index in [1.165, 1.54) is 30.5 Å². The Morgan fingerprint density at radius 3 is 2.76 bits per heavy atom. The zero-order valence-corrected chi connectivity index (χ0v) is 23.8. The summed E-state index contributed by atoms with van der Waals surface area (Å²) in [5.74, 6) is 1.14. The number of rotatable bonds is 8. The van der Waals surface area contributed by atoms with Crippen LogP contribution in [0, 0.1) is 5.92 Å². The van der Waals surface area contributed by atoms with Crippen molar-refractivity contribution in [3.63, 3.8) is 0 Å². The lowest BCUT2D eigenvalue weighted by molar-refractivity contribution is 0.0715. The monoisotopic (exact) mass is 555 g/mol. The summed E-state index contributed by atoms with van der Waals surface area (Å²) in [6, 6.07) is 15.6. The second-order valence-corrected chi connectivity index (χ2v) is 13.0. The Kier molecular flexibility index (Phi) is 6.81. The van der Waals surface area contributed by atoms with Crippen LogP contribution in [-0.4, -0.2) is 50.4 Å². The minimum Gasteiger partial charge on any atom is -0.508 e. The first-order valence-electron chi connectivity index (χ1n) is 15.3. The first kappa shape index (κ1) is 26.9. The number of hydrogen-bond acceptors (Lipinski definition) is 6. The molecular formula is C34H41N3O4. The van der Waals surface area contributed by atoms with Crippen molar-refractivity contribution in [1.29, 1.82) is 0 Å². The molecule has 2 heterocycles. The number of aromatic hydroxyl groups is 1. The van der Waals surface area contributed by atoms with Crippen molar-refractivity contribution in [3.8, 4) is 5.75 Å². The van der Waals surface area contributed by atoms with Gasteiger partial charge in [-0.15, -0.1) is 0 Å². The lowest BCUT2D eigenvalue weighted by Gasteiger charge is -2.52. The number of benzene rings is 2. The third-order valence-electron chi connectivity index (χ3n) is 10.3. The fourth-order valence-corrected chi connectivity index (χ4v) is 7.97. The summed E-state index contributed by atoms with van der Waals surface area (Å²) in [6.45, 7) is 4.30. The Morgan fingerprint density at radius 2 is 1.95 bits per heavy atom. The summed E-state index contributed by atoms with van der Waals surface area (Å²) in [7, 11) is 0. The molecule has 4 aliphatic rings. The predicted octanol–water partition coefficient (Wildman–Crippen LogP) is 3.79. The molecule has 1 saturated carbocycles. The number of pyridine rings is 1. The minimum absolute atomic E-state index is 0.153. The molecule has 5 N–H and O–H groups in total. The number of aliphatic hydroxyl groups excluding tert-OH is 2. The van der Waals surface area contributed by atoms with Crippen LogP contribution >= 0.6 is 0 Å². The maximum absolute atomic E-state index is 13.5. The Balaban J connectivity index is 1.18. The standard InChI is InChI=1S/C34H41N3O4/c1-2-21-14-27(33(41)36-31-26-6-4-3-5-22(26)15-30(31)39)32(40)35-29(21)18-34-11-12-37(19-20-7-8-20)24(17-34)13-23-9-10-25(38)16-28(23)34/h3-6,9-10,14,16,20,24,30-31,33,36,38-39,41H,2,7-8,11-13,15,17-19H2,1H3,(H,35,40). The van der Waals surface area contributed by atoms with E-state index in [9.17, 15) is 20.1 Å². The average molecular weight is 556 g/mol. The summed E-state index contributed by atoms with van der Waals surface area (Å²) < 4.78 is 0. The van der Waals surface area contributed by atoms with Gasteiger partial charge in [-0.25, -0.2) is 0 Å². The molecular weight excluding hydrogens is 514 g/mol. The van der Waals surface area contributed by atoms with Gasteiger partial charge in [-0.3, -0.25) is 15.0 Å². The summed E-state index contributed by atoms with van der Waals surface area (Å²) >= 11 is 0. The van der Waals surface area contributed by atoms with Crippen LogP contribution in [0.4, 0.5) is 0 Å². The molecule has 3 aliphatic carbocycles. The van der Waals surface area contributed by atoms with E-state index in [-0.39, 0.29) is 16.5 Å². The number of likely N-dealkylation sites (tertiary alicyclic amines) is 1. The summed E-state index contributed by atoms with van der Waals surface area (Å²) in [4.78, 5) is 19.3. The van der Waals surface area contributed by atoms with E-state index in [0.717, 1.165) is 60.5 Å². The van der Waals surface area contributed by atoms with Gasteiger partial charge in [0.05, 0.1) is 17.7 Å². The van der Waals surface area contributed by atoms with Crippen molar-refractivity contribution < 1.29 is 15.3 Å². The highest BCUT2D eigenvalue weighted by Crippen LogP contribution is 2.49. The van der Waals surface area contributed by atoms with Crippen molar-refractivity contribution in [1.82, 2.24) is 15.2 Å². The van der Waals surface area contributed by atoms with E-state index in [0.29, 0.717) is 24.6 Å². The van der Waals surface area contributed by atoms with E-state index in [1.807, 2.05) is 36.4 Å². The number of H-pyrrole nitrogens is 1. The molecule has 2 fully saturated rings. The molecule has 41 heavy (non-hydrogen) atoms. The van der Waals surface area contributed by atoms with Crippen molar-refractivity contribution in [2.45, 2.75) is 88.1 Å². The molecule has 5 atom stereocenters. The number of phenols is 1. The third kappa shape index (κ3) is 4.93. The number of phenolic OH excluding ortho intramolecular Hbond substituents is 1. The van der Waals surface area contributed by atoms with Crippen LogP contribution in [0.2, 0.25) is 0 Å². The van der Waals surface area contributed by atoms with Gasteiger partial charge in [-0.2, -0.15) is 0 Å². The van der Waals surface area contributed by atoms with Gasteiger partial charge >= 0.3 is 0 Å². The first-order valence-corrected chi connectivity index (χ1v) is 15.3. The molecule has 7 heteroatoms. The molecule has 3 aromatic rings. The van der Waals surface area contributed by atoms with Gasteiger partial charge in [-0.1, -0.05) is 37.3 Å². The zero-order valence-electron chi connectivity index (χ0n) is 23.8. The van der Waals surface area contributed by atoms with Crippen molar-refractivity contribution in [2.75, 3.05) is 13.1 Å². The summed E-state index contributed by atoms with van der Waals surface area (Å²) in [6.07, 6.45) is 5.79. The van der Waals surface area contributed by atoms with Crippen LogP contribution in [0.15, 0.2) is 53.3 Å². The van der Waals surface area contributed by atoms with Crippen LogP contribution < -0.4 is 10.9 Å². The van der Waals surface area contributed by atoms with Crippen LogP contribution in [0.5, 0.6) is 5.75 Å². The SMILES string of the molecule is CCc1cc(C(O)NC2c3ccccc3CC2O)c(=O)[nH]c1CC12CCN(CC3CC3)C(Cc3ccc(O)cc31)C2. The maximum Gasteiger partial charge on any atom is 0.255 e. The molecule has 216 valence electrons. The Labute approximate surface area is 241 Å². The quantitative estimate of drug-likeness (QED) is 0.271. The van der Waals surface area contributed by atoms with Crippen molar-refractivity contribution in [3.05, 3.63) is 98.0 Å². The summed E-state index contributed by atoms with van der Waals surface area (Å²) in [5, 5.41) is 35.4. The second-order valence-electron chi connectivity index (χ2n) is 13.0. The number of nitrogens with one attached hydrogen (secondary N) is 2. The van der Waals surface area contributed by atoms with E-state index in [2.05, 4.69) is 28.2 Å². The van der Waals surface area contributed by atoms with Gasteiger partial charge in [0, 0.05) is 30.1 Å². The normalized spacial score (nSPS) is 27.8. The van der Waals surface area contributed by atoms with E-state index < -0.39 is 18.4 Å². The number of nitrogens with zero attached hydrogens (tertiary/aromatic N) is 1. The number of aromatic amines is 1. The van der Waals surface area contributed by atoms with Gasteiger partial charge in [0.25, 0.3) is 5.56 Å². The number of fused-ring (bicyclic) bond motifs is 5. The molecule has 7 nitrogen and oxygen atoms in total. The number of aryl methyl sites for hydroxylation is 1. The smallest absolute Gasteiger partial charge is 0.255 e. The van der Waals surface area contributed by atoms with E-state index in [1.54, 1.807) is 6.07 Å². The van der Waals surface area contributed by atoms with Crippen LogP contribution in [-0.2, 0) is 31.1 Å². The predicted molar refractivity (Wildman–Crippen MR) is 158 cm³/mol. The lowest BCUT2D eigenvalue weighted by Crippen LogP contribution is -2.54. The fourth-order valence-electron chi connectivity index (χ4n) is 7.97.